The van der Waals surface area contributed by atoms with E-state index >= 15 is 0 Å². The zero-order valence-electron chi connectivity index (χ0n) is 11.1. The summed E-state index contributed by atoms with van der Waals surface area (Å²) in [6, 6.07) is 10.4. The molecule has 0 N–H and O–H groups in total. The molecule has 0 saturated carbocycles. The Morgan fingerprint density at radius 2 is 2.11 bits per heavy atom. The van der Waals surface area contributed by atoms with Crippen LogP contribution in [0.4, 0.5) is 0 Å². The fourth-order valence-electron chi connectivity index (χ4n) is 3.04. The van der Waals surface area contributed by atoms with E-state index in [2.05, 4.69) is 19.1 Å². The first kappa shape index (κ1) is 12.4. The van der Waals surface area contributed by atoms with Crippen molar-refractivity contribution in [3.8, 4) is 0 Å². The second kappa shape index (κ2) is 4.82. The third kappa shape index (κ3) is 2.19. The highest BCUT2D eigenvalue weighted by Gasteiger charge is 2.48. The van der Waals surface area contributed by atoms with Crippen molar-refractivity contribution in [2.75, 3.05) is 6.79 Å². The first-order chi connectivity index (χ1) is 9.21. The normalized spacial score (nSPS) is 27.4. The van der Waals surface area contributed by atoms with E-state index in [1.165, 1.54) is 5.56 Å². The number of carbonyl (C=O) groups excluding carboxylic acids is 1. The summed E-state index contributed by atoms with van der Waals surface area (Å²) in [5.74, 6) is 1.16. The minimum absolute atomic E-state index is 0.142. The molecule has 1 aliphatic carbocycles. The Balaban J connectivity index is 1.84. The molecule has 0 spiro atoms. The maximum Gasteiger partial charge on any atom is 0.189 e. The van der Waals surface area contributed by atoms with Gasteiger partial charge in [0.1, 0.15) is 11.4 Å². The van der Waals surface area contributed by atoms with Crippen LogP contribution < -0.4 is 0 Å². The molecule has 0 amide bonds. The van der Waals surface area contributed by atoms with Gasteiger partial charge in [0, 0.05) is 12.5 Å². The maximum atomic E-state index is 11.5. The molecule has 1 aliphatic heterocycles. The van der Waals surface area contributed by atoms with Crippen molar-refractivity contribution in [1.82, 2.24) is 0 Å². The fourth-order valence-corrected chi connectivity index (χ4v) is 3.04. The number of ether oxygens (including phenoxy) is 2. The van der Waals surface area contributed by atoms with E-state index in [0.717, 1.165) is 18.6 Å². The van der Waals surface area contributed by atoms with Crippen molar-refractivity contribution in [1.29, 1.82) is 0 Å². The summed E-state index contributed by atoms with van der Waals surface area (Å²) in [5.41, 5.74) is 0.889. The SMILES string of the molecule is CC(Cc1ccccc1)[C@]12CCC(=O)C=C1OCO2. The molecule has 2 aliphatic rings. The van der Waals surface area contributed by atoms with Crippen LogP contribution in [0.5, 0.6) is 0 Å². The van der Waals surface area contributed by atoms with Crippen LogP contribution in [-0.2, 0) is 20.7 Å². The van der Waals surface area contributed by atoms with E-state index in [1.807, 2.05) is 18.2 Å². The molecule has 1 saturated heterocycles. The lowest BCUT2D eigenvalue weighted by atomic mass is 9.76. The van der Waals surface area contributed by atoms with Crippen LogP contribution in [-0.4, -0.2) is 18.2 Å². The fraction of sp³-hybridized carbons (Fsp3) is 0.438. The van der Waals surface area contributed by atoms with Crippen LogP contribution in [0.1, 0.15) is 25.3 Å². The lowest BCUT2D eigenvalue weighted by molar-refractivity contribution is -0.117. The molecule has 3 nitrogen and oxygen atoms in total. The number of hydrogen-bond donors (Lipinski definition) is 0. The number of benzene rings is 1. The van der Waals surface area contributed by atoms with Gasteiger partial charge in [-0.25, -0.2) is 0 Å². The monoisotopic (exact) mass is 258 g/mol. The Bertz CT molecular complexity index is 506. The highest BCUT2D eigenvalue weighted by Crippen LogP contribution is 2.43. The smallest absolute Gasteiger partial charge is 0.189 e. The first-order valence-corrected chi connectivity index (χ1v) is 6.76. The molecule has 1 fully saturated rings. The molecular formula is C16H18O3. The van der Waals surface area contributed by atoms with Gasteiger partial charge in [-0.2, -0.15) is 0 Å². The second-order valence-corrected chi connectivity index (χ2v) is 5.36. The van der Waals surface area contributed by atoms with Crippen molar-refractivity contribution in [3.05, 3.63) is 47.7 Å². The third-order valence-corrected chi connectivity index (χ3v) is 4.16. The highest BCUT2D eigenvalue weighted by atomic mass is 16.7. The number of fused-ring (bicyclic) bond motifs is 1. The number of ketones is 1. The van der Waals surface area contributed by atoms with Crippen molar-refractivity contribution < 1.29 is 14.3 Å². The molecule has 1 aromatic carbocycles. The summed E-state index contributed by atoms with van der Waals surface area (Å²) in [5, 5.41) is 0. The number of carbonyl (C=O) groups is 1. The molecule has 3 rings (SSSR count). The zero-order valence-corrected chi connectivity index (χ0v) is 11.1. The molecule has 100 valence electrons. The van der Waals surface area contributed by atoms with Crippen LogP contribution in [0, 0.1) is 5.92 Å². The van der Waals surface area contributed by atoms with E-state index in [-0.39, 0.29) is 18.5 Å². The van der Waals surface area contributed by atoms with E-state index in [9.17, 15) is 4.79 Å². The average Bonchev–Trinajstić information content (AvgIpc) is 2.84. The van der Waals surface area contributed by atoms with Crippen molar-refractivity contribution in [3.63, 3.8) is 0 Å². The third-order valence-electron chi connectivity index (χ3n) is 4.16. The molecule has 0 bridgehead atoms. The molecule has 2 atom stereocenters. The van der Waals surface area contributed by atoms with Gasteiger partial charge in [0.2, 0.25) is 0 Å². The van der Waals surface area contributed by atoms with Crippen LogP contribution >= 0.6 is 0 Å². The summed E-state index contributed by atoms with van der Waals surface area (Å²) < 4.78 is 11.4. The Morgan fingerprint density at radius 1 is 1.32 bits per heavy atom. The molecule has 1 unspecified atom stereocenters. The lowest BCUT2D eigenvalue weighted by Crippen LogP contribution is -2.41. The number of hydrogen-bond acceptors (Lipinski definition) is 3. The standard InChI is InChI=1S/C16H18O3/c1-12(9-13-5-3-2-4-6-13)16-8-7-14(17)10-15(16)18-11-19-16/h2-6,10,12H,7-9,11H2,1H3/t12?,16-/m1/s1. The van der Waals surface area contributed by atoms with Gasteiger partial charge in [-0.15, -0.1) is 0 Å². The quantitative estimate of drug-likeness (QED) is 0.836. The summed E-state index contributed by atoms with van der Waals surface area (Å²) in [6.07, 6.45) is 3.82. The predicted octanol–water partition coefficient (Wildman–Crippen LogP) is 2.86. The van der Waals surface area contributed by atoms with Crippen LogP contribution in [0.3, 0.4) is 0 Å². The lowest BCUT2D eigenvalue weighted by Gasteiger charge is -2.35. The Morgan fingerprint density at radius 3 is 2.89 bits per heavy atom. The highest BCUT2D eigenvalue weighted by molar-refractivity contribution is 5.91. The number of rotatable bonds is 3. The van der Waals surface area contributed by atoms with Gasteiger partial charge in [0.15, 0.2) is 12.6 Å². The molecule has 1 aromatic rings. The van der Waals surface area contributed by atoms with Gasteiger partial charge < -0.3 is 9.47 Å². The van der Waals surface area contributed by atoms with E-state index < -0.39 is 5.60 Å². The van der Waals surface area contributed by atoms with E-state index in [1.54, 1.807) is 6.08 Å². The van der Waals surface area contributed by atoms with Gasteiger partial charge in [-0.1, -0.05) is 37.3 Å². The largest absolute Gasteiger partial charge is 0.469 e. The summed E-state index contributed by atoms with van der Waals surface area (Å²) >= 11 is 0. The van der Waals surface area contributed by atoms with Gasteiger partial charge in [-0.05, 0) is 24.3 Å². The van der Waals surface area contributed by atoms with Gasteiger partial charge in [0.05, 0.1) is 0 Å². The van der Waals surface area contributed by atoms with Gasteiger partial charge in [0.25, 0.3) is 0 Å². The summed E-state index contributed by atoms with van der Waals surface area (Å²) in [6.45, 7) is 2.43. The molecule has 0 aromatic heterocycles. The molecule has 3 heteroatoms. The Hall–Kier alpha value is -1.61. The summed E-state index contributed by atoms with van der Waals surface area (Å²) in [4.78, 5) is 11.5. The Kier molecular flexibility index (Phi) is 3.15. The number of allylic oxidation sites excluding steroid dienone is 1. The Labute approximate surface area is 113 Å². The topological polar surface area (TPSA) is 35.5 Å². The minimum atomic E-state index is -0.399. The van der Waals surface area contributed by atoms with E-state index in [4.69, 9.17) is 9.47 Å². The summed E-state index contributed by atoms with van der Waals surface area (Å²) in [7, 11) is 0. The average molecular weight is 258 g/mol. The molecule has 1 heterocycles. The van der Waals surface area contributed by atoms with Crippen molar-refractivity contribution in [2.45, 2.75) is 31.8 Å². The van der Waals surface area contributed by atoms with Crippen molar-refractivity contribution >= 4 is 5.78 Å². The van der Waals surface area contributed by atoms with Crippen molar-refractivity contribution in [2.24, 2.45) is 5.92 Å². The van der Waals surface area contributed by atoms with E-state index in [0.29, 0.717) is 6.42 Å². The van der Waals surface area contributed by atoms with Crippen LogP contribution in [0.25, 0.3) is 0 Å². The minimum Gasteiger partial charge on any atom is -0.469 e. The van der Waals surface area contributed by atoms with Gasteiger partial charge >= 0.3 is 0 Å². The molecule has 0 radical (unpaired) electrons. The van der Waals surface area contributed by atoms with Gasteiger partial charge in [-0.3, -0.25) is 4.79 Å². The predicted molar refractivity (Wildman–Crippen MR) is 71.4 cm³/mol. The molecule has 19 heavy (non-hydrogen) atoms. The molecular weight excluding hydrogens is 240 g/mol. The first-order valence-electron chi connectivity index (χ1n) is 6.76. The zero-order chi connectivity index (χ0) is 13.3. The second-order valence-electron chi connectivity index (χ2n) is 5.36. The van der Waals surface area contributed by atoms with Crippen LogP contribution in [0.2, 0.25) is 0 Å². The van der Waals surface area contributed by atoms with Crippen LogP contribution in [0.15, 0.2) is 42.2 Å². The maximum absolute atomic E-state index is 11.5.